The molecule has 0 fully saturated rings. The lowest BCUT2D eigenvalue weighted by Gasteiger charge is -2.01. The van der Waals surface area contributed by atoms with Crippen LogP contribution in [0.5, 0.6) is 0 Å². The van der Waals surface area contributed by atoms with E-state index >= 15 is 0 Å². The smallest absolute Gasteiger partial charge is 0.218 e. The predicted molar refractivity (Wildman–Crippen MR) is 54.1 cm³/mol. The molecule has 0 radical (unpaired) electrons. The van der Waals surface area contributed by atoms with Crippen molar-refractivity contribution in [3.63, 3.8) is 0 Å². The maximum absolute atomic E-state index is 6.69. The predicted octanol–water partition coefficient (Wildman–Crippen LogP) is 3.22. The summed E-state index contributed by atoms with van der Waals surface area (Å²) in [6.45, 7) is 9.35. The number of rotatable bonds is 2. The van der Waals surface area contributed by atoms with Crippen LogP contribution in [-0.2, 0) is 6.42 Å². The average molecular weight is 224 g/mol. The van der Waals surface area contributed by atoms with Crippen LogP contribution in [0, 0.1) is 13.5 Å². The Morgan fingerprint density at radius 1 is 1.50 bits per heavy atom. The molecular weight excluding hydrogens is 214 g/mol. The van der Waals surface area contributed by atoms with Gasteiger partial charge in [0.25, 0.3) is 0 Å². The van der Waals surface area contributed by atoms with Crippen molar-refractivity contribution in [3.05, 3.63) is 45.2 Å². The van der Waals surface area contributed by atoms with Gasteiger partial charge in [-0.25, -0.2) is 6.57 Å². The third-order valence-electron chi connectivity index (χ3n) is 1.80. The Labute approximate surface area is 81.4 Å². The summed E-state index contributed by atoms with van der Waals surface area (Å²) in [5.41, 5.74) is 2.53. The minimum absolute atomic E-state index is 0.581. The number of nitrogens with zero attached hydrogens (tertiary/aromatic N) is 1. The lowest BCUT2D eigenvalue weighted by atomic mass is 10.1. The third-order valence-corrected chi connectivity index (χ3v) is 2.30. The van der Waals surface area contributed by atoms with Gasteiger partial charge in [0.05, 0.1) is 0 Å². The maximum Gasteiger partial charge on any atom is 0.218 e. The highest BCUT2D eigenvalue weighted by atomic mass is 79.9. The summed E-state index contributed by atoms with van der Waals surface area (Å²) in [5, 5.41) is 0. The van der Waals surface area contributed by atoms with Gasteiger partial charge in [0, 0.05) is 10.9 Å². The SMILES string of the molecule is [C-]#[N+]CCc1cc(Br)ccc1C. The van der Waals surface area contributed by atoms with E-state index in [4.69, 9.17) is 6.57 Å². The third kappa shape index (κ3) is 2.35. The number of halogens is 1. The lowest BCUT2D eigenvalue weighted by Crippen LogP contribution is -1.91. The van der Waals surface area contributed by atoms with Crippen LogP contribution in [0.15, 0.2) is 22.7 Å². The minimum Gasteiger partial charge on any atom is -0.317 e. The van der Waals surface area contributed by atoms with Gasteiger partial charge in [-0.05, 0) is 30.2 Å². The second kappa shape index (κ2) is 4.27. The van der Waals surface area contributed by atoms with Crippen molar-refractivity contribution >= 4 is 15.9 Å². The van der Waals surface area contributed by atoms with Crippen molar-refractivity contribution in [2.45, 2.75) is 13.3 Å². The Hall–Kier alpha value is -0.810. The zero-order valence-electron chi connectivity index (χ0n) is 6.97. The first-order chi connectivity index (χ1) is 5.74. The molecule has 1 nitrogen and oxygen atoms in total. The van der Waals surface area contributed by atoms with Gasteiger partial charge in [0.15, 0.2) is 0 Å². The molecule has 0 aliphatic rings. The van der Waals surface area contributed by atoms with E-state index in [2.05, 4.69) is 39.8 Å². The fourth-order valence-electron chi connectivity index (χ4n) is 1.09. The van der Waals surface area contributed by atoms with E-state index in [1.165, 1.54) is 11.1 Å². The molecule has 0 atom stereocenters. The van der Waals surface area contributed by atoms with Crippen LogP contribution in [0.2, 0.25) is 0 Å². The van der Waals surface area contributed by atoms with Crippen LogP contribution in [-0.4, -0.2) is 6.54 Å². The normalized spacial score (nSPS) is 9.42. The van der Waals surface area contributed by atoms with E-state index in [0.717, 1.165) is 10.9 Å². The first kappa shape index (κ1) is 9.28. The van der Waals surface area contributed by atoms with Gasteiger partial charge in [0.2, 0.25) is 6.54 Å². The molecule has 62 valence electrons. The Balaban J connectivity index is 2.84. The Bertz CT molecular complexity index is 312. The Morgan fingerprint density at radius 3 is 2.92 bits per heavy atom. The summed E-state index contributed by atoms with van der Waals surface area (Å²) >= 11 is 3.41. The highest BCUT2D eigenvalue weighted by molar-refractivity contribution is 9.10. The molecule has 0 bridgehead atoms. The summed E-state index contributed by atoms with van der Waals surface area (Å²) in [6.07, 6.45) is 0.856. The molecule has 0 heterocycles. The van der Waals surface area contributed by atoms with Crippen molar-refractivity contribution in [1.82, 2.24) is 0 Å². The van der Waals surface area contributed by atoms with E-state index in [0.29, 0.717) is 6.54 Å². The monoisotopic (exact) mass is 223 g/mol. The molecule has 0 aromatic heterocycles. The molecule has 0 saturated heterocycles. The van der Waals surface area contributed by atoms with Crippen LogP contribution >= 0.6 is 15.9 Å². The molecule has 0 aliphatic carbocycles. The van der Waals surface area contributed by atoms with Gasteiger partial charge in [-0.15, -0.1) is 0 Å². The molecule has 0 unspecified atom stereocenters. The van der Waals surface area contributed by atoms with E-state index < -0.39 is 0 Å². The first-order valence-electron chi connectivity index (χ1n) is 3.82. The largest absolute Gasteiger partial charge is 0.317 e. The second-order valence-electron chi connectivity index (χ2n) is 2.70. The summed E-state index contributed by atoms with van der Waals surface area (Å²) in [5.74, 6) is 0. The van der Waals surface area contributed by atoms with Crippen LogP contribution in [0.3, 0.4) is 0 Å². The minimum atomic E-state index is 0.581. The fourth-order valence-corrected chi connectivity index (χ4v) is 1.49. The molecule has 0 saturated carbocycles. The number of aryl methyl sites for hydroxylation is 1. The first-order valence-corrected chi connectivity index (χ1v) is 4.61. The molecule has 0 aliphatic heterocycles. The van der Waals surface area contributed by atoms with Gasteiger partial charge in [-0.2, -0.15) is 0 Å². The zero-order chi connectivity index (χ0) is 8.97. The lowest BCUT2D eigenvalue weighted by molar-refractivity contribution is 1.05. The van der Waals surface area contributed by atoms with E-state index in [9.17, 15) is 0 Å². The summed E-state index contributed by atoms with van der Waals surface area (Å²) < 4.78 is 1.09. The van der Waals surface area contributed by atoms with Crippen LogP contribution in [0.25, 0.3) is 4.85 Å². The van der Waals surface area contributed by atoms with Crippen molar-refractivity contribution in [2.75, 3.05) is 6.54 Å². The van der Waals surface area contributed by atoms with Gasteiger partial charge in [-0.1, -0.05) is 22.0 Å². The molecule has 0 amide bonds. The van der Waals surface area contributed by atoms with Gasteiger partial charge in [-0.3, -0.25) is 0 Å². The Kier molecular flexibility index (Phi) is 3.31. The standard InChI is InChI=1S/C10H10BrN/c1-8-3-4-10(11)7-9(8)5-6-12-2/h3-4,7H,5-6H2,1H3. The quantitative estimate of drug-likeness (QED) is 0.679. The number of hydrogen-bond acceptors (Lipinski definition) is 0. The highest BCUT2D eigenvalue weighted by Gasteiger charge is 1.99. The summed E-state index contributed by atoms with van der Waals surface area (Å²) in [6, 6.07) is 6.18. The van der Waals surface area contributed by atoms with Gasteiger partial charge >= 0.3 is 0 Å². The van der Waals surface area contributed by atoms with Gasteiger partial charge < -0.3 is 4.85 Å². The van der Waals surface area contributed by atoms with Gasteiger partial charge in [0.1, 0.15) is 0 Å². The molecule has 1 aromatic carbocycles. The maximum atomic E-state index is 6.69. The molecule has 1 rings (SSSR count). The molecular formula is C10H10BrN. The highest BCUT2D eigenvalue weighted by Crippen LogP contribution is 2.16. The van der Waals surface area contributed by atoms with Crippen LogP contribution in [0.1, 0.15) is 11.1 Å². The average Bonchev–Trinajstić information content (AvgIpc) is 2.07. The molecule has 12 heavy (non-hydrogen) atoms. The molecule has 0 N–H and O–H groups in total. The molecule has 2 heteroatoms. The van der Waals surface area contributed by atoms with E-state index in [-0.39, 0.29) is 0 Å². The summed E-state index contributed by atoms with van der Waals surface area (Å²) in [4.78, 5) is 3.34. The van der Waals surface area contributed by atoms with Crippen LogP contribution in [0.4, 0.5) is 0 Å². The number of benzene rings is 1. The van der Waals surface area contributed by atoms with Crippen molar-refractivity contribution < 1.29 is 0 Å². The Morgan fingerprint density at radius 2 is 2.25 bits per heavy atom. The van der Waals surface area contributed by atoms with Crippen molar-refractivity contribution in [2.24, 2.45) is 0 Å². The van der Waals surface area contributed by atoms with E-state index in [1.807, 2.05) is 6.07 Å². The molecule has 1 aromatic rings. The van der Waals surface area contributed by atoms with Crippen molar-refractivity contribution in [3.8, 4) is 0 Å². The summed E-state index contributed by atoms with van der Waals surface area (Å²) in [7, 11) is 0. The molecule has 0 spiro atoms. The topological polar surface area (TPSA) is 4.36 Å². The van der Waals surface area contributed by atoms with E-state index in [1.54, 1.807) is 0 Å². The number of hydrogen-bond donors (Lipinski definition) is 0. The second-order valence-corrected chi connectivity index (χ2v) is 3.62. The fraction of sp³-hybridized carbons (Fsp3) is 0.300. The zero-order valence-corrected chi connectivity index (χ0v) is 8.56. The van der Waals surface area contributed by atoms with Crippen molar-refractivity contribution in [1.29, 1.82) is 0 Å². The van der Waals surface area contributed by atoms with Crippen LogP contribution < -0.4 is 0 Å².